The van der Waals surface area contributed by atoms with E-state index in [1.165, 1.54) is 25.1 Å². The van der Waals surface area contributed by atoms with Gasteiger partial charge in [-0.1, -0.05) is 18.2 Å². The lowest BCUT2D eigenvalue weighted by atomic mass is 10.2. The highest BCUT2D eigenvalue weighted by Gasteiger charge is 2.17. The van der Waals surface area contributed by atoms with Crippen molar-refractivity contribution in [3.8, 4) is 0 Å². The molecule has 2 saturated heterocycles. The zero-order valence-corrected chi connectivity index (χ0v) is 22.3. The number of anilines is 1. The standard InChI is InChI=1S/C24H42N6O.HI/c1-3-25-24(27-21-22(2)29-17-19-31-20-18-29)26-11-7-8-12-28-13-15-30(16-14-28)23-9-5-4-6-10-23;/h4-6,9-10,22H,3,7-8,11-21H2,1-2H3,(H2,25,26,27);1H. The molecule has 7 nitrogen and oxygen atoms in total. The predicted octanol–water partition coefficient (Wildman–Crippen LogP) is 2.48. The zero-order chi connectivity index (χ0) is 21.7. The molecular weight excluding hydrogens is 515 g/mol. The van der Waals surface area contributed by atoms with Gasteiger partial charge < -0.3 is 20.3 Å². The molecular formula is C24H43IN6O. The Morgan fingerprint density at radius 3 is 2.41 bits per heavy atom. The van der Waals surface area contributed by atoms with Crippen molar-refractivity contribution >= 4 is 35.6 Å². The number of rotatable bonds is 10. The van der Waals surface area contributed by atoms with Crippen LogP contribution in [0, 0.1) is 0 Å². The van der Waals surface area contributed by atoms with Crippen LogP contribution in [0.4, 0.5) is 5.69 Å². The number of nitrogens with zero attached hydrogens (tertiary/aromatic N) is 4. The highest BCUT2D eigenvalue weighted by molar-refractivity contribution is 14.0. The van der Waals surface area contributed by atoms with Gasteiger partial charge in [0, 0.05) is 64.1 Å². The summed E-state index contributed by atoms with van der Waals surface area (Å²) in [7, 11) is 0. The summed E-state index contributed by atoms with van der Waals surface area (Å²) in [6, 6.07) is 11.2. The van der Waals surface area contributed by atoms with Gasteiger partial charge in [0.15, 0.2) is 5.96 Å². The van der Waals surface area contributed by atoms with Crippen molar-refractivity contribution in [2.45, 2.75) is 32.7 Å². The Hall–Kier alpha value is -1.10. The molecule has 0 aliphatic carbocycles. The van der Waals surface area contributed by atoms with Gasteiger partial charge in [-0.3, -0.25) is 14.8 Å². The quantitative estimate of drug-likeness (QED) is 0.199. The van der Waals surface area contributed by atoms with E-state index in [-0.39, 0.29) is 24.0 Å². The van der Waals surface area contributed by atoms with Gasteiger partial charge in [0.05, 0.1) is 19.8 Å². The van der Waals surface area contributed by atoms with E-state index in [4.69, 9.17) is 9.73 Å². The number of piperazine rings is 1. The van der Waals surface area contributed by atoms with Crippen LogP contribution >= 0.6 is 24.0 Å². The van der Waals surface area contributed by atoms with Gasteiger partial charge in [-0.25, -0.2) is 0 Å². The third kappa shape index (κ3) is 9.41. The largest absolute Gasteiger partial charge is 0.379 e. The number of hydrogen-bond acceptors (Lipinski definition) is 5. The van der Waals surface area contributed by atoms with Crippen LogP contribution in [-0.2, 0) is 4.74 Å². The maximum absolute atomic E-state index is 5.45. The van der Waals surface area contributed by atoms with Crippen molar-refractivity contribution in [1.82, 2.24) is 20.4 Å². The molecule has 0 amide bonds. The van der Waals surface area contributed by atoms with E-state index in [9.17, 15) is 0 Å². The fourth-order valence-electron chi connectivity index (χ4n) is 4.23. The van der Waals surface area contributed by atoms with Gasteiger partial charge in [-0.15, -0.1) is 24.0 Å². The van der Waals surface area contributed by atoms with Crippen LogP contribution in [0.25, 0.3) is 0 Å². The number of morpholine rings is 1. The summed E-state index contributed by atoms with van der Waals surface area (Å²) in [5, 5.41) is 6.90. The molecule has 3 rings (SSSR count). The molecule has 1 atom stereocenters. The molecule has 1 aromatic carbocycles. The minimum atomic E-state index is 0. The second-order valence-corrected chi connectivity index (χ2v) is 8.52. The van der Waals surface area contributed by atoms with Crippen molar-refractivity contribution in [2.24, 2.45) is 4.99 Å². The lowest BCUT2D eigenvalue weighted by Gasteiger charge is -2.36. The summed E-state index contributed by atoms with van der Waals surface area (Å²) in [5.74, 6) is 0.944. The Morgan fingerprint density at radius 2 is 1.72 bits per heavy atom. The Balaban J connectivity index is 0.00000363. The summed E-state index contributed by atoms with van der Waals surface area (Å²) in [4.78, 5) is 12.4. The molecule has 32 heavy (non-hydrogen) atoms. The van der Waals surface area contributed by atoms with E-state index in [2.05, 4.69) is 69.5 Å². The Bertz CT molecular complexity index is 633. The van der Waals surface area contributed by atoms with E-state index in [0.29, 0.717) is 6.04 Å². The van der Waals surface area contributed by atoms with Crippen LogP contribution in [-0.4, -0.2) is 100 Å². The fraction of sp³-hybridized carbons (Fsp3) is 0.708. The molecule has 0 radical (unpaired) electrons. The predicted molar refractivity (Wildman–Crippen MR) is 146 cm³/mol. The SMILES string of the molecule is CCNC(=NCC(C)N1CCOCC1)NCCCCN1CCN(c2ccccc2)CC1.I. The molecule has 1 aromatic rings. The highest BCUT2D eigenvalue weighted by atomic mass is 127. The van der Waals surface area contributed by atoms with Gasteiger partial charge in [0.2, 0.25) is 0 Å². The van der Waals surface area contributed by atoms with Gasteiger partial charge >= 0.3 is 0 Å². The lowest BCUT2D eigenvalue weighted by Crippen LogP contribution is -2.46. The van der Waals surface area contributed by atoms with Gasteiger partial charge in [-0.2, -0.15) is 0 Å². The summed E-state index contributed by atoms with van der Waals surface area (Å²) >= 11 is 0. The maximum atomic E-state index is 5.45. The van der Waals surface area contributed by atoms with E-state index in [0.717, 1.165) is 78.1 Å². The number of hydrogen-bond donors (Lipinski definition) is 2. The van der Waals surface area contributed by atoms with Crippen molar-refractivity contribution in [2.75, 3.05) is 83.6 Å². The molecule has 2 aliphatic rings. The molecule has 8 heteroatoms. The third-order valence-corrected chi connectivity index (χ3v) is 6.21. The van der Waals surface area contributed by atoms with Crippen LogP contribution in [0.1, 0.15) is 26.7 Å². The molecule has 2 fully saturated rings. The third-order valence-electron chi connectivity index (χ3n) is 6.21. The van der Waals surface area contributed by atoms with Gasteiger partial charge in [-0.05, 0) is 45.4 Å². The highest BCUT2D eigenvalue weighted by Crippen LogP contribution is 2.15. The van der Waals surface area contributed by atoms with Crippen molar-refractivity contribution in [3.05, 3.63) is 30.3 Å². The van der Waals surface area contributed by atoms with Crippen LogP contribution in [0.2, 0.25) is 0 Å². The fourth-order valence-corrected chi connectivity index (χ4v) is 4.23. The Labute approximate surface area is 212 Å². The van der Waals surface area contributed by atoms with E-state index < -0.39 is 0 Å². The van der Waals surface area contributed by atoms with Gasteiger partial charge in [0.25, 0.3) is 0 Å². The van der Waals surface area contributed by atoms with Gasteiger partial charge in [0.1, 0.15) is 0 Å². The molecule has 0 spiro atoms. The normalized spacial score (nSPS) is 19.3. The summed E-state index contributed by atoms with van der Waals surface area (Å²) in [5.41, 5.74) is 1.35. The molecule has 1 unspecified atom stereocenters. The second-order valence-electron chi connectivity index (χ2n) is 8.52. The van der Waals surface area contributed by atoms with Crippen molar-refractivity contribution in [1.29, 1.82) is 0 Å². The first-order chi connectivity index (χ1) is 15.3. The first-order valence-corrected chi connectivity index (χ1v) is 12.1. The molecule has 2 heterocycles. The average molecular weight is 559 g/mol. The van der Waals surface area contributed by atoms with Crippen molar-refractivity contribution in [3.63, 3.8) is 0 Å². The number of halogens is 1. The molecule has 0 saturated carbocycles. The summed E-state index contributed by atoms with van der Waals surface area (Å²) < 4.78 is 5.45. The summed E-state index contributed by atoms with van der Waals surface area (Å²) in [6.07, 6.45) is 2.39. The second kappa shape index (κ2) is 15.7. The molecule has 2 N–H and O–H groups in total. The van der Waals surface area contributed by atoms with E-state index in [1.807, 2.05) is 0 Å². The number of aliphatic imine (C=N–C) groups is 1. The zero-order valence-electron chi connectivity index (χ0n) is 20.0. The number of benzene rings is 1. The smallest absolute Gasteiger partial charge is 0.191 e. The number of ether oxygens (including phenoxy) is 1. The first kappa shape index (κ1) is 27.1. The number of guanidine groups is 1. The van der Waals surface area contributed by atoms with Crippen molar-refractivity contribution < 1.29 is 4.74 Å². The lowest BCUT2D eigenvalue weighted by molar-refractivity contribution is 0.0220. The van der Waals surface area contributed by atoms with Crippen LogP contribution < -0.4 is 15.5 Å². The summed E-state index contributed by atoms with van der Waals surface area (Å²) in [6.45, 7) is 16.5. The monoisotopic (exact) mass is 558 g/mol. The van der Waals surface area contributed by atoms with Crippen LogP contribution in [0.5, 0.6) is 0 Å². The maximum Gasteiger partial charge on any atom is 0.191 e. The van der Waals surface area contributed by atoms with Crippen LogP contribution in [0.15, 0.2) is 35.3 Å². The molecule has 182 valence electrons. The Kier molecular flexibility index (Phi) is 13.3. The minimum absolute atomic E-state index is 0. The molecule has 0 aromatic heterocycles. The molecule has 2 aliphatic heterocycles. The average Bonchev–Trinajstić information content (AvgIpc) is 2.83. The molecule has 0 bridgehead atoms. The van der Waals surface area contributed by atoms with Crippen LogP contribution in [0.3, 0.4) is 0 Å². The number of nitrogens with one attached hydrogen (secondary N) is 2. The Morgan fingerprint density at radius 1 is 1.00 bits per heavy atom. The topological polar surface area (TPSA) is 55.4 Å². The number of unbranched alkanes of at least 4 members (excludes halogenated alkanes) is 1. The minimum Gasteiger partial charge on any atom is -0.379 e. The van der Waals surface area contributed by atoms with E-state index >= 15 is 0 Å². The first-order valence-electron chi connectivity index (χ1n) is 12.1. The van der Waals surface area contributed by atoms with E-state index in [1.54, 1.807) is 0 Å². The number of para-hydroxylation sites is 1.